The molecule has 0 atom stereocenters. The molecule has 0 unspecified atom stereocenters. The molecule has 1 heterocycles. The molecule has 1 N–H and O–H groups in total. The van der Waals surface area contributed by atoms with Gasteiger partial charge in [-0.3, -0.25) is 4.79 Å². The summed E-state index contributed by atoms with van der Waals surface area (Å²) in [5.74, 6) is -0.915. The molecule has 0 saturated carbocycles. The van der Waals surface area contributed by atoms with Gasteiger partial charge in [0.1, 0.15) is 11.6 Å². The molecule has 0 aromatic heterocycles. The van der Waals surface area contributed by atoms with Gasteiger partial charge in [-0.05, 0) is 43.1 Å². The molecule has 1 aliphatic heterocycles. The van der Waals surface area contributed by atoms with Crippen molar-refractivity contribution in [2.45, 2.75) is 19.3 Å². The van der Waals surface area contributed by atoms with Gasteiger partial charge in [0.05, 0.1) is 0 Å². The normalized spacial score (nSPS) is 16.2. The van der Waals surface area contributed by atoms with E-state index in [4.69, 9.17) is 0 Å². The summed E-state index contributed by atoms with van der Waals surface area (Å²) in [4.78, 5) is 13.8. The van der Waals surface area contributed by atoms with Gasteiger partial charge in [0.15, 0.2) is 0 Å². The number of benzene rings is 1. The topological polar surface area (TPSA) is 32.3 Å². The summed E-state index contributed by atoms with van der Waals surface area (Å²) < 4.78 is 26.4. The molecule has 2 rings (SSSR count). The van der Waals surface area contributed by atoms with Crippen molar-refractivity contribution in [3.05, 3.63) is 35.4 Å². The van der Waals surface area contributed by atoms with Gasteiger partial charge in [0.2, 0.25) is 5.91 Å². The van der Waals surface area contributed by atoms with Gasteiger partial charge in [-0.25, -0.2) is 8.78 Å². The van der Waals surface area contributed by atoms with Gasteiger partial charge in [-0.1, -0.05) is 0 Å². The van der Waals surface area contributed by atoms with Crippen molar-refractivity contribution < 1.29 is 13.6 Å². The third kappa shape index (κ3) is 3.99. The van der Waals surface area contributed by atoms with Crippen LogP contribution in [0.25, 0.3) is 0 Å². The minimum atomic E-state index is -0.470. The van der Waals surface area contributed by atoms with Gasteiger partial charge < -0.3 is 10.2 Å². The summed E-state index contributed by atoms with van der Waals surface area (Å²) in [7, 11) is 0. The third-order valence-electron chi connectivity index (χ3n) is 3.31. The number of carbonyl (C=O) groups excluding carboxylic acids is 1. The van der Waals surface area contributed by atoms with E-state index >= 15 is 0 Å². The first-order valence-electron chi connectivity index (χ1n) is 6.59. The number of aryl methyl sites for hydroxylation is 1. The zero-order valence-electron chi connectivity index (χ0n) is 10.8. The highest BCUT2D eigenvalue weighted by molar-refractivity contribution is 5.76. The molecule has 1 aromatic carbocycles. The minimum absolute atomic E-state index is 0.00682. The Labute approximate surface area is 111 Å². The average Bonchev–Trinajstić information content (AvgIpc) is 2.68. The van der Waals surface area contributed by atoms with Crippen molar-refractivity contribution in [3.63, 3.8) is 0 Å². The van der Waals surface area contributed by atoms with Crippen LogP contribution in [0.1, 0.15) is 18.4 Å². The first-order chi connectivity index (χ1) is 9.16. The van der Waals surface area contributed by atoms with Crippen molar-refractivity contribution in [2.24, 2.45) is 0 Å². The van der Waals surface area contributed by atoms with Crippen LogP contribution in [-0.2, 0) is 11.2 Å². The number of nitrogens with zero attached hydrogens (tertiary/aromatic N) is 1. The van der Waals surface area contributed by atoms with E-state index < -0.39 is 11.6 Å². The minimum Gasteiger partial charge on any atom is -0.341 e. The van der Waals surface area contributed by atoms with Crippen molar-refractivity contribution in [2.75, 3.05) is 26.2 Å². The molecule has 1 aromatic rings. The van der Waals surface area contributed by atoms with Crippen LogP contribution in [0.3, 0.4) is 0 Å². The van der Waals surface area contributed by atoms with Gasteiger partial charge in [-0.15, -0.1) is 0 Å². The van der Waals surface area contributed by atoms with Crippen molar-refractivity contribution >= 4 is 5.91 Å². The zero-order valence-corrected chi connectivity index (χ0v) is 10.8. The quantitative estimate of drug-likeness (QED) is 0.905. The summed E-state index contributed by atoms with van der Waals surface area (Å²) >= 11 is 0. The number of rotatable bonds is 3. The van der Waals surface area contributed by atoms with Crippen LogP contribution in [0, 0.1) is 11.6 Å². The highest BCUT2D eigenvalue weighted by Gasteiger charge is 2.15. The number of hydrogen-bond acceptors (Lipinski definition) is 2. The van der Waals surface area contributed by atoms with Crippen molar-refractivity contribution in [1.29, 1.82) is 0 Å². The Morgan fingerprint density at radius 3 is 2.95 bits per heavy atom. The number of carbonyl (C=O) groups is 1. The standard InChI is InChI=1S/C14H18F2N2O/c15-12-3-4-13(16)11(10-12)2-5-14(19)18-8-1-6-17-7-9-18/h3-4,10,17H,1-2,5-9H2. The maximum Gasteiger partial charge on any atom is 0.222 e. The second kappa shape index (κ2) is 6.61. The van der Waals surface area contributed by atoms with Crippen LogP contribution >= 0.6 is 0 Å². The largest absolute Gasteiger partial charge is 0.341 e. The molecule has 0 radical (unpaired) electrons. The van der Waals surface area contributed by atoms with Gasteiger partial charge >= 0.3 is 0 Å². The Morgan fingerprint density at radius 1 is 1.26 bits per heavy atom. The fourth-order valence-electron chi connectivity index (χ4n) is 2.23. The van der Waals surface area contributed by atoms with E-state index in [1.54, 1.807) is 4.90 Å². The van der Waals surface area contributed by atoms with E-state index in [1.807, 2.05) is 0 Å². The Kier molecular flexibility index (Phi) is 4.85. The molecule has 0 spiro atoms. The van der Waals surface area contributed by atoms with E-state index in [0.717, 1.165) is 44.3 Å². The highest BCUT2D eigenvalue weighted by atomic mass is 19.1. The smallest absolute Gasteiger partial charge is 0.222 e. The lowest BCUT2D eigenvalue weighted by Crippen LogP contribution is -2.34. The maximum atomic E-state index is 13.4. The van der Waals surface area contributed by atoms with Gasteiger partial charge in [0, 0.05) is 26.1 Å². The summed E-state index contributed by atoms with van der Waals surface area (Å²) in [5.41, 5.74) is 0.265. The molecule has 3 nitrogen and oxygen atoms in total. The molecule has 1 saturated heterocycles. The number of amides is 1. The number of hydrogen-bond donors (Lipinski definition) is 1. The maximum absolute atomic E-state index is 13.4. The van der Waals surface area contributed by atoms with Crippen LogP contribution in [0.5, 0.6) is 0 Å². The monoisotopic (exact) mass is 268 g/mol. The lowest BCUT2D eigenvalue weighted by Gasteiger charge is -2.19. The Balaban J connectivity index is 1.90. The average molecular weight is 268 g/mol. The SMILES string of the molecule is O=C(CCc1cc(F)ccc1F)N1CCCNCC1. The molecule has 1 amide bonds. The van der Waals surface area contributed by atoms with Crippen LogP contribution in [0.15, 0.2) is 18.2 Å². The van der Waals surface area contributed by atoms with Gasteiger partial charge in [0.25, 0.3) is 0 Å². The predicted molar refractivity (Wildman–Crippen MR) is 68.7 cm³/mol. The van der Waals surface area contributed by atoms with Crippen molar-refractivity contribution in [1.82, 2.24) is 10.2 Å². The molecule has 0 aliphatic carbocycles. The Morgan fingerprint density at radius 2 is 2.11 bits per heavy atom. The molecule has 19 heavy (non-hydrogen) atoms. The van der Waals surface area contributed by atoms with Gasteiger partial charge in [-0.2, -0.15) is 0 Å². The molecule has 5 heteroatoms. The molecule has 1 aliphatic rings. The summed E-state index contributed by atoms with van der Waals surface area (Å²) in [6, 6.07) is 3.35. The second-order valence-electron chi connectivity index (χ2n) is 4.72. The summed E-state index contributed by atoms with van der Waals surface area (Å²) in [5, 5.41) is 3.22. The van der Waals surface area contributed by atoms with Crippen LogP contribution in [0.2, 0.25) is 0 Å². The first-order valence-corrected chi connectivity index (χ1v) is 6.59. The molecular formula is C14H18F2N2O. The zero-order chi connectivity index (χ0) is 13.7. The number of halogens is 2. The fraction of sp³-hybridized carbons (Fsp3) is 0.500. The van der Waals surface area contributed by atoms with Crippen molar-refractivity contribution in [3.8, 4) is 0 Å². The Hall–Kier alpha value is -1.49. The predicted octanol–water partition coefficient (Wildman–Crippen LogP) is 1.72. The number of nitrogens with one attached hydrogen (secondary N) is 1. The van der Waals surface area contributed by atoms with Crippen LogP contribution in [-0.4, -0.2) is 37.0 Å². The van der Waals surface area contributed by atoms with E-state index in [-0.39, 0.29) is 24.3 Å². The fourth-order valence-corrected chi connectivity index (χ4v) is 2.23. The lowest BCUT2D eigenvalue weighted by molar-refractivity contribution is -0.130. The van der Waals surface area contributed by atoms with E-state index in [2.05, 4.69) is 5.32 Å². The third-order valence-corrected chi connectivity index (χ3v) is 3.31. The molecular weight excluding hydrogens is 250 g/mol. The lowest BCUT2D eigenvalue weighted by atomic mass is 10.1. The Bertz CT molecular complexity index is 443. The molecule has 104 valence electrons. The van der Waals surface area contributed by atoms with Crippen LogP contribution in [0.4, 0.5) is 8.78 Å². The second-order valence-corrected chi connectivity index (χ2v) is 4.72. The summed E-state index contributed by atoms with van der Waals surface area (Å²) in [6.07, 6.45) is 1.40. The highest BCUT2D eigenvalue weighted by Crippen LogP contribution is 2.12. The van der Waals surface area contributed by atoms with E-state index in [0.29, 0.717) is 6.54 Å². The summed E-state index contributed by atoms with van der Waals surface area (Å²) in [6.45, 7) is 3.13. The van der Waals surface area contributed by atoms with E-state index in [9.17, 15) is 13.6 Å². The van der Waals surface area contributed by atoms with E-state index in [1.165, 1.54) is 0 Å². The molecule has 1 fully saturated rings. The van der Waals surface area contributed by atoms with Crippen LogP contribution < -0.4 is 5.32 Å². The first kappa shape index (κ1) is 13.9. The molecule has 0 bridgehead atoms.